The van der Waals surface area contributed by atoms with E-state index in [0.29, 0.717) is 11.2 Å². The maximum Gasteiger partial charge on any atom is 0.332 e. The van der Waals surface area contributed by atoms with Crippen LogP contribution in [0.25, 0.3) is 16.9 Å². The Kier molecular flexibility index (Phi) is 2.82. The van der Waals surface area contributed by atoms with E-state index in [1.54, 1.807) is 7.05 Å². The van der Waals surface area contributed by atoms with Gasteiger partial charge in [0.15, 0.2) is 11.2 Å². The number of imidazole rings is 2. The molecule has 0 atom stereocenters. The number of hydrogen-bond donors (Lipinski definition) is 0. The van der Waals surface area contributed by atoms with Crippen molar-refractivity contribution in [2.24, 2.45) is 14.1 Å². The van der Waals surface area contributed by atoms with E-state index in [4.69, 9.17) is 0 Å². The Morgan fingerprint density at radius 1 is 1.05 bits per heavy atom. The molecule has 0 saturated carbocycles. The molecular weight excluding hydrogens is 270 g/mol. The fourth-order valence-electron chi connectivity index (χ4n) is 2.88. The maximum atomic E-state index is 12.5. The van der Waals surface area contributed by atoms with Crippen molar-refractivity contribution in [3.8, 4) is 0 Å². The third kappa shape index (κ3) is 1.57. The molecule has 0 unspecified atom stereocenters. The van der Waals surface area contributed by atoms with Gasteiger partial charge >= 0.3 is 5.69 Å². The molecule has 0 aliphatic heterocycles. The van der Waals surface area contributed by atoms with E-state index in [2.05, 4.69) is 16.5 Å². The molecule has 7 heteroatoms. The SMILES string of the molecule is CCCn1c(C)c(C)n2c3c(=O)n(C)c(=O)n(C)c3nc12. The molecule has 0 aliphatic rings. The quantitative estimate of drug-likeness (QED) is 0.698. The Morgan fingerprint density at radius 2 is 1.71 bits per heavy atom. The first-order chi connectivity index (χ1) is 9.90. The van der Waals surface area contributed by atoms with Crippen LogP contribution in [0, 0.1) is 13.8 Å². The smallest absolute Gasteiger partial charge is 0.314 e. The monoisotopic (exact) mass is 289 g/mol. The second-order valence-corrected chi connectivity index (χ2v) is 5.45. The summed E-state index contributed by atoms with van der Waals surface area (Å²) >= 11 is 0. The van der Waals surface area contributed by atoms with E-state index < -0.39 is 0 Å². The molecule has 0 radical (unpaired) electrons. The van der Waals surface area contributed by atoms with Crippen LogP contribution in [0.5, 0.6) is 0 Å². The van der Waals surface area contributed by atoms with Gasteiger partial charge in [-0.25, -0.2) is 4.79 Å². The molecule has 3 aromatic heterocycles. The van der Waals surface area contributed by atoms with Crippen LogP contribution in [0.4, 0.5) is 0 Å². The Morgan fingerprint density at radius 3 is 2.33 bits per heavy atom. The summed E-state index contributed by atoms with van der Waals surface area (Å²) < 4.78 is 6.51. The minimum absolute atomic E-state index is 0.308. The van der Waals surface area contributed by atoms with Gasteiger partial charge in [-0.05, 0) is 20.3 Å². The first kappa shape index (κ1) is 13.7. The normalized spacial score (nSPS) is 11.9. The Bertz CT molecular complexity index is 983. The zero-order chi connectivity index (χ0) is 15.5. The number of fused-ring (bicyclic) bond motifs is 3. The lowest BCUT2D eigenvalue weighted by atomic mass is 10.3. The summed E-state index contributed by atoms with van der Waals surface area (Å²) in [5.74, 6) is 0.722. The van der Waals surface area contributed by atoms with Crippen molar-refractivity contribution in [1.82, 2.24) is 23.1 Å². The molecule has 7 nitrogen and oxygen atoms in total. The summed E-state index contributed by atoms with van der Waals surface area (Å²) in [6.07, 6.45) is 0.977. The highest BCUT2D eigenvalue weighted by Gasteiger charge is 2.21. The number of aryl methyl sites for hydroxylation is 3. The molecule has 112 valence electrons. The summed E-state index contributed by atoms with van der Waals surface area (Å²) in [7, 11) is 3.14. The van der Waals surface area contributed by atoms with Gasteiger partial charge in [0, 0.05) is 32.0 Å². The van der Waals surface area contributed by atoms with Gasteiger partial charge in [-0.1, -0.05) is 6.92 Å². The predicted molar refractivity (Wildman–Crippen MR) is 80.9 cm³/mol. The van der Waals surface area contributed by atoms with Crippen molar-refractivity contribution in [3.05, 3.63) is 32.2 Å². The van der Waals surface area contributed by atoms with Crippen LogP contribution in [0.15, 0.2) is 9.59 Å². The van der Waals surface area contributed by atoms with Crippen LogP contribution >= 0.6 is 0 Å². The van der Waals surface area contributed by atoms with Crippen molar-refractivity contribution in [3.63, 3.8) is 0 Å². The van der Waals surface area contributed by atoms with Crippen molar-refractivity contribution in [2.75, 3.05) is 0 Å². The van der Waals surface area contributed by atoms with Crippen molar-refractivity contribution in [2.45, 2.75) is 33.7 Å². The summed E-state index contributed by atoms with van der Waals surface area (Å²) in [6, 6.07) is 0. The number of aromatic nitrogens is 5. The first-order valence-electron chi connectivity index (χ1n) is 7.04. The fraction of sp³-hybridized carbons (Fsp3) is 0.500. The minimum Gasteiger partial charge on any atom is -0.314 e. The van der Waals surface area contributed by atoms with Crippen LogP contribution in [-0.4, -0.2) is 23.1 Å². The Hall–Kier alpha value is -2.31. The second kappa shape index (κ2) is 4.34. The van der Waals surface area contributed by atoms with Crippen molar-refractivity contribution >= 4 is 16.9 Å². The lowest BCUT2D eigenvalue weighted by molar-refractivity contribution is 0.676. The summed E-state index contributed by atoms with van der Waals surface area (Å²) in [4.78, 5) is 29.1. The third-order valence-corrected chi connectivity index (χ3v) is 4.19. The average Bonchev–Trinajstić information content (AvgIpc) is 2.95. The number of nitrogens with zero attached hydrogens (tertiary/aromatic N) is 5. The highest BCUT2D eigenvalue weighted by atomic mass is 16.2. The van der Waals surface area contributed by atoms with Crippen molar-refractivity contribution in [1.29, 1.82) is 0 Å². The molecule has 0 amide bonds. The molecule has 21 heavy (non-hydrogen) atoms. The van der Waals surface area contributed by atoms with E-state index in [1.165, 1.54) is 11.6 Å². The van der Waals surface area contributed by atoms with E-state index in [9.17, 15) is 9.59 Å². The van der Waals surface area contributed by atoms with Crippen LogP contribution in [0.2, 0.25) is 0 Å². The molecular formula is C14H19N5O2. The topological polar surface area (TPSA) is 66.2 Å². The molecule has 0 bridgehead atoms. The number of hydrogen-bond acceptors (Lipinski definition) is 3. The van der Waals surface area contributed by atoms with Crippen LogP contribution < -0.4 is 11.2 Å². The highest BCUT2D eigenvalue weighted by molar-refractivity contribution is 5.76. The first-order valence-corrected chi connectivity index (χ1v) is 7.04. The lowest BCUT2D eigenvalue weighted by Gasteiger charge is -2.04. The molecule has 3 heterocycles. The van der Waals surface area contributed by atoms with Gasteiger partial charge in [0.2, 0.25) is 5.78 Å². The van der Waals surface area contributed by atoms with Gasteiger partial charge in [0.05, 0.1) is 0 Å². The van der Waals surface area contributed by atoms with Crippen LogP contribution in [0.1, 0.15) is 24.7 Å². The van der Waals surface area contributed by atoms with Gasteiger partial charge in [-0.3, -0.25) is 18.3 Å². The second-order valence-electron chi connectivity index (χ2n) is 5.45. The lowest BCUT2D eigenvalue weighted by Crippen LogP contribution is -2.37. The van der Waals surface area contributed by atoms with Crippen LogP contribution in [0.3, 0.4) is 0 Å². The van der Waals surface area contributed by atoms with E-state index in [-0.39, 0.29) is 11.2 Å². The molecule has 3 aromatic rings. The van der Waals surface area contributed by atoms with Gasteiger partial charge < -0.3 is 4.57 Å². The van der Waals surface area contributed by atoms with E-state index in [1.807, 2.05) is 18.2 Å². The maximum absolute atomic E-state index is 12.5. The standard InChI is InChI=1S/C14H19N5O2/c1-6-7-18-8(2)9(3)19-10-11(15-13(18)19)16(4)14(21)17(5)12(10)20/h6-7H2,1-5H3. The molecule has 0 aliphatic carbocycles. The Labute approximate surface area is 121 Å². The van der Waals surface area contributed by atoms with Gasteiger partial charge in [0.1, 0.15) is 0 Å². The Balaban J connectivity index is 2.64. The fourth-order valence-corrected chi connectivity index (χ4v) is 2.88. The van der Waals surface area contributed by atoms with Gasteiger partial charge in [0.25, 0.3) is 5.56 Å². The molecule has 0 N–H and O–H groups in total. The van der Waals surface area contributed by atoms with Crippen LogP contribution in [-0.2, 0) is 20.6 Å². The average molecular weight is 289 g/mol. The zero-order valence-corrected chi connectivity index (χ0v) is 13.0. The van der Waals surface area contributed by atoms with Crippen molar-refractivity contribution < 1.29 is 0 Å². The largest absolute Gasteiger partial charge is 0.332 e. The van der Waals surface area contributed by atoms with Gasteiger partial charge in [-0.2, -0.15) is 4.98 Å². The summed E-state index contributed by atoms with van der Waals surface area (Å²) in [6.45, 7) is 6.93. The summed E-state index contributed by atoms with van der Waals surface area (Å²) in [5.41, 5.74) is 2.31. The zero-order valence-electron chi connectivity index (χ0n) is 13.0. The molecule has 0 spiro atoms. The third-order valence-electron chi connectivity index (χ3n) is 4.19. The predicted octanol–water partition coefficient (Wildman–Crippen LogP) is 0.713. The van der Waals surface area contributed by atoms with Gasteiger partial charge in [-0.15, -0.1) is 0 Å². The molecule has 3 rings (SSSR count). The van der Waals surface area contributed by atoms with E-state index >= 15 is 0 Å². The molecule has 0 aromatic carbocycles. The molecule has 0 saturated heterocycles. The molecule has 0 fully saturated rings. The minimum atomic E-state index is -0.357. The highest BCUT2D eigenvalue weighted by Crippen LogP contribution is 2.20. The summed E-state index contributed by atoms with van der Waals surface area (Å²) in [5, 5.41) is 0. The number of rotatable bonds is 2. The van der Waals surface area contributed by atoms with E-state index in [0.717, 1.165) is 34.7 Å².